The average molecular weight is 153 g/mol. The average Bonchev–Trinajstić information content (AvgIpc) is 2.05. The molecule has 0 spiro atoms. The Bertz CT molecular complexity index is 218. The Kier molecular flexibility index (Phi) is 2.44. The highest BCUT2D eigenvalue weighted by atomic mass is 16.5. The lowest BCUT2D eigenvalue weighted by molar-refractivity contribution is 0.194. The van der Waals surface area contributed by atoms with E-state index in [-0.39, 0.29) is 0 Å². The van der Waals surface area contributed by atoms with Crippen LogP contribution >= 0.6 is 0 Å². The van der Waals surface area contributed by atoms with Gasteiger partial charge in [-0.15, -0.1) is 0 Å². The third kappa shape index (κ3) is 1.91. The summed E-state index contributed by atoms with van der Waals surface area (Å²) >= 11 is 0. The Morgan fingerprint density at radius 2 is 2.27 bits per heavy atom. The van der Waals surface area contributed by atoms with Gasteiger partial charge in [0.25, 0.3) is 0 Å². The van der Waals surface area contributed by atoms with E-state index in [1.807, 2.05) is 0 Å². The van der Waals surface area contributed by atoms with Crippen LogP contribution in [0, 0.1) is 0 Å². The third-order valence-electron chi connectivity index (χ3n) is 1.42. The maximum Gasteiger partial charge on any atom is 0.137 e. The van der Waals surface area contributed by atoms with Gasteiger partial charge in [0, 0.05) is 0 Å². The highest BCUT2D eigenvalue weighted by molar-refractivity contribution is 5.20. The number of pyridine rings is 1. The largest absolute Gasteiger partial charge is 0.495 e. The molecule has 3 nitrogen and oxygen atoms in total. The number of methoxy groups -OCH3 is 1. The van der Waals surface area contributed by atoms with Gasteiger partial charge in [-0.05, 0) is 19.1 Å². The van der Waals surface area contributed by atoms with Crippen molar-refractivity contribution in [3.63, 3.8) is 0 Å². The van der Waals surface area contributed by atoms with E-state index in [9.17, 15) is 0 Å². The zero-order chi connectivity index (χ0) is 8.27. The number of hydrogen-bond donors (Lipinski definition) is 1. The van der Waals surface area contributed by atoms with Gasteiger partial charge in [0.1, 0.15) is 5.75 Å². The lowest BCUT2D eigenvalue weighted by Gasteiger charge is -2.03. The molecule has 0 saturated heterocycles. The molecule has 0 aliphatic carbocycles. The number of aliphatic hydroxyl groups is 1. The van der Waals surface area contributed by atoms with Gasteiger partial charge in [0.05, 0.1) is 25.1 Å². The molecule has 1 heterocycles. The zero-order valence-corrected chi connectivity index (χ0v) is 6.61. The second-order valence-corrected chi connectivity index (χ2v) is 2.30. The molecule has 0 aliphatic heterocycles. The Morgan fingerprint density at radius 3 is 2.64 bits per heavy atom. The summed E-state index contributed by atoms with van der Waals surface area (Å²) < 4.78 is 4.90. The highest BCUT2D eigenvalue weighted by Gasteiger charge is 2.00. The first-order valence-corrected chi connectivity index (χ1v) is 3.42. The quantitative estimate of drug-likeness (QED) is 0.692. The van der Waals surface area contributed by atoms with Crippen LogP contribution in [0.25, 0.3) is 0 Å². The van der Waals surface area contributed by atoms with Crippen molar-refractivity contribution < 1.29 is 9.84 Å². The first kappa shape index (κ1) is 8.01. The molecule has 60 valence electrons. The van der Waals surface area contributed by atoms with Crippen LogP contribution < -0.4 is 4.74 Å². The van der Waals surface area contributed by atoms with Crippen molar-refractivity contribution >= 4 is 0 Å². The standard InChI is InChI=1S/C8H11NO2/c1-6(10)8-4-3-7(11-2)5-9-8/h3-6,10H,1-2H3. The number of hydrogen-bond acceptors (Lipinski definition) is 3. The molecule has 0 saturated carbocycles. The minimum absolute atomic E-state index is 0.513. The van der Waals surface area contributed by atoms with Gasteiger partial charge in [-0.3, -0.25) is 4.98 Å². The summed E-state index contributed by atoms with van der Waals surface area (Å²) in [5.41, 5.74) is 0.658. The van der Waals surface area contributed by atoms with Gasteiger partial charge in [-0.25, -0.2) is 0 Å². The fourth-order valence-corrected chi connectivity index (χ4v) is 0.760. The van der Waals surface area contributed by atoms with Crippen molar-refractivity contribution in [2.24, 2.45) is 0 Å². The molecule has 0 amide bonds. The number of aromatic nitrogens is 1. The van der Waals surface area contributed by atoms with E-state index in [2.05, 4.69) is 4.98 Å². The molecule has 0 bridgehead atoms. The fourth-order valence-electron chi connectivity index (χ4n) is 0.760. The molecule has 1 N–H and O–H groups in total. The predicted molar refractivity (Wildman–Crippen MR) is 41.4 cm³/mol. The molecule has 11 heavy (non-hydrogen) atoms. The van der Waals surface area contributed by atoms with E-state index in [0.717, 1.165) is 0 Å². The molecule has 0 aromatic carbocycles. The van der Waals surface area contributed by atoms with Gasteiger partial charge >= 0.3 is 0 Å². The SMILES string of the molecule is COc1ccc(C(C)O)nc1. The Labute approximate surface area is 65.7 Å². The smallest absolute Gasteiger partial charge is 0.137 e. The van der Waals surface area contributed by atoms with Crippen LogP contribution in [0.1, 0.15) is 18.7 Å². The van der Waals surface area contributed by atoms with E-state index in [1.165, 1.54) is 0 Å². The summed E-state index contributed by atoms with van der Waals surface area (Å²) in [4.78, 5) is 3.97. The van der Waals surface area contributed by atoms with Crippen LogP contribution in [0.3, 0.4) is 0 Å². The minimum Gasteiger partial charge on any atom is -0.495 e. The molecule has 0 fully saturated rings. The normalized spacial score (nSPS) is 12.6. The second-order valence-electron chi connectivity index (χ2n) is 2.30. The predicted octanol–water partition coefficient (Wildman–Crippen LogP) is 1.14. The van der Waals surface area contributed by atoms with Gasteiger partial charge in [-0.1, -0.05) is 0 Å². The van der Waals surface area contributed by atoms with Crippen molar-refractivity contribution in [3.8, 4) is 5.75 Å². The van der Waals surface area contributed by atoms with Gasteiger partial charge in [0.15, 0.2) is 0 Å². The zero-order valence-electron chi connectivity index (χ0n) is 6.61. The van der Waals surface area contributed by atoms with Crippen LogP contribution in [-0.4, -0.2) is 17.2 Å². The molecule has 1 unspecified atom stereocenters. The lowest BCUT2D eigenvalue weighted by atomic mass is 10.2. The van der Waals surface area contributed by atoms with Crippen LogP contribution in [0.2, 0.25) is 0 Å². The maximum absolute atomic E-state index is 9.08. The monoisotopic (exact) mass is 153 g/mol. The van der Waals surface area contributed by atoms with Gasteiger partial charge < -0.3 is 9.84 Å². The molecule has 1 aromatic rings. The van der Waals surface area contributed by atoms with Crippen molar-refractivity contribution in [2.75, 3.05) is 7.11 Å². The van der Waals surface area contributed by atoms with Crippen molar-refractivity contribution in [1.29, 1.82) is 0 Å². The molecule has 3 heteroatoms. The van der Waals surface area contributed by atoms with Crippen LogP contribution in [0.4, 0.5) is 0 Å². The number of aliphatic hydroxyl groups excluding tert-OH is 1. The van der Waals surface area contributed by atoms with E-state index in [0.29, 0.717) is 11.4 Å². The summed E-state index contributed by atoms with van der Waals surface area (Å²) in [6.07, 6.45) is 1.07. The molecule has 1 rings (SSSR count). The minimum atomic E-state index is -0.513. The third-order valence-corrected chi connectivity index (χ3v) is 1.42. The first-order valence-electron chi connectivity index (χ1n) is 3.42. The van der Waals surface area contributed by atoms with Crippen LogP contribution in [0.15, 0.2) is 18.3 Å². The molecule has 0 aliphatic rings. The summed E-state index contributed by atoms with van der Waals surface area (Å²) in [7, 11) is 1.58. The molecule has 1 aromatic heterocycles. The lowest BCUT2D eigenvalue weighted by Crippen LogP contribution is -1.94. The maximum atomic E-state index is 9.08. The topological polar surface area (TPSA) is 42.4 Å². The first-order chi connectivity index (χ1) is 5.24. The fraction of sp³-hybridized carbons (Fsp3) is 0.375. The summed E-state index contributed by atoms with van der Waals surface area (Å²) in [5.74, 6) is 0.703. The van der Waals surface area contributed by atoms with Crippen LogP contribution in [-0.2, 0) is 0 Å². The molecular formula is C8H11NO2. The Hall–Kier alpha value is -1.09. The van der Waals surface area contributed by atoms with E-state index < -0.39 is 6.10 Å². The van der Waals surface area contributed by atoms with Crippen molar-refractivity contribution in [3.05, 3.63) is 24.0 Å². The van der Waals surface area contributed by atoms with Gasteiger partial charge in [-0.2, -0.15) is 0 Å². The number of nitrogens with zero attached hydrogens (tertiary/aromatic N) is 1. The Balaban J connectivity index is 2.83. The number of rotatable bonds is 2. The molecule has 1 atom stereocenters. The summed E-state index contributed by atoms with van der Waals surface area (Å²) in [6, 6.07) is 3.51. The molecule has 0 radical (unpaired) electrons. The van der Waals surface area contributed by atoms with Crippen molar-refractivity contribution in [2.45, 2.75) is 13.0 Å². The van der Waals surface area contributed by atoms with E-state index in [1.54, 1.807) is 32.4 Å². The Morgan fingerprint density at radius 1 is 1.55 bits per heavy atom. The van der Waals surface area contributed by atoms with Crippen LogP contribution in [0.5, 0.6) is 5.75 Å². The van der Waals surface area contributed by atoms with E-state index >= 15 is 0 Å². The van der Waals surface area contributed by atoms with Gasteiger partial charge in [0.2, 0.25) is 0 Å². The highest BCUT2D eigenvalue weighted by Crippen LogP contribution is 2.12. The summed E-state index contributed by atoms with van der Waals surface area (Å²) in [6.45, 7) is 1.68. The second kappa shape index (κ2) is 3.34. The number of ether oxygens (including phenoxy) is 1. The molecular weight excluding hydrogens is 142 g/mol. The van der Waals surface area contributed by atoms with Crippen molar-refractivity contribution in [1.82, 2.24) is 4.98 Å². The van der Waals surface area contributed by atoms with E-state index in [4.69, 9.17) is 9.84 Å². The summed E-state index contributed by atoms with van der Waals surface area (Å²) in [5, 5.41) is 9.08.